The van der Waals surface area contributed by atoms with Gasteiger partial charge in [0.2, 0.25) is 0 Å². The third-order valence-electron chi connectivity index (χ3n) is 2.22. The molecule has 0 fully saturated rings. The fraction of sp³-hybridized carbons (Fsp3) is 0.500. The van der Waals surface area contributed by atoms with Gasteiger partial charge in [0.1, 0.15) is 0 Å². The Balaban J connectivity index is 0.00000225. The van der Waals surface area contributed by atoms with Crippen LogP contribution in [0.25, 0.3) is 0 Å². The summed E-state index contributed by atoms with van der Waals surface area (Å²) >= 11 is 5.80. The first-order chi connectivity index (χ1) is 7.08. The predicted molar refractivity (Wildman–Crippen MR) is 71.5 cm³/mol. The van der Waals surface area contributed by atoms with Crippen LogP contribution in [0.15, 0.2) is 24.3 Å². The number of halogens is 2. The maximum absolute atomic E-state index is 9.12. The summed E-state index contributed by atoms with van der Waals surface area (Å²) in [5.74, 6) is 0. The molecule has 0 aromatic heterocycles. The van der Waals surface area contributed by atoms with Crippen molar-refractivity contribution in [3.63, 3.8) is 0 Å². The smallest absolute Gasteiger partial charge is 0.0636 e. The minimum absolute atomic E-state index is 0. The van der Waals surface area contributed by atoms with Crippen LogP contribution in [0.3, 0.4) is 0 Å². The SMILES string of the molecule is CC(Cc1ccc(Cl)cc1)NC[C@@H](C)O.Cl. The molecule has 0 bridgehead atoms. The summed E-state index contributed by atoms with van der Waals surface area (Å²) in [7, 11) is 0. The van der Waals surface area contributed by atoms with Gasteiger partial charge in [-0.2, -0.15) is 0 Å². The van der Waals surface area contributed by atoms with E-state index in [2.05, 4.69) is 12.2 Å². The molecule has 0 aliphatic carbocycles. The van der Waals surface area contributed by atoms with Gasteiger partial charge in [0.05, 0.1) is 6.10 Å². The highest BCUT2D eigenvalue weighted by atomic mass is 35.5. The topological polar surface area (TPSA) is 32.3 Å². The maximum atomic E-state index is 9.12. The van der Waals surface area contributed by atoms with Crippen molar-refractivity contribution in [2.75, 3.05) is 6.54 Å². The monoisotopic (exact) mass is 263 g/mol. The van der Waals surface area contributed by atoms with Crippen LogP contribution in [0, 0.1) is 0 Å². The van der Waals surface area contributed by atoms with E-state index in [9.17, 15) is 0 Å². The minimum atomic E-state index is -0.294. The molecule has 1 aromatic carbocycles. The second kappa shape index (κ2) is 7.91. The van der Waals surface area contributed by atoms with E-state index in [0.717, 1.165) is 11.4 Å². The number of aliphatic hydroxyl groups is 1. The molecule has 2 nitrogen and oxygen atoms in total. The highest BCUT2D eigenvalue weighted by Crippen LogP contribution is 2.10. The van der Waals surface area contributed by atoms with Gasteiger partial charge in [0, 0.05) is 17.6 Å². The van der Waals surface area contributed by atoms with Gasteiger partial charge in [0.15, 0.2) is 0 Å². The molecule has 1 rings (SSSR count). The zero-order chi connectivity index (χ0) is 11.3. The molecule has 0 aliphatic heterocycles. The van der Waals surface area contributed by atoms with Crippen molar-refractivity contribution in [1.29, 1.82) is 0 Å². The van der Waals surface area contributed by atoms with E-state index in [-0.39, 0.29) is 18.5 Å². The van der Waals surface area contributed by atoms with Crippen LogP contribution in [0.5, 0.6) is 0 Å². The fourth-order valence-corrected chi connectivity index (χ4v) is 1.54. The molecule has 0 saturated carbocycles. The highest BCUT2D eigenvalue weighted by Gasteiger charge is 2.04. The van der Waals surface area contributed by atoms with E-state index in [1.54, 1.807) is 6.92 Å². The fourth-order valence-electron chi connectivity index (χ4n) is 1.42. The zero-order valence-electron chi connectivity index (χ0n) is 9.61. The molecule has 0 heterocycles. The third kappa shape index (κ3) is 6.33. The van der Waals surface area contributed by atoms with Crippen LogP contribution in [0.4, 0.5) is 0 Å². The van der Waals surface area contributed by atoms with Gasteiger partial charge in [-0.15, -0.1) is 12.4 Å². The quantitative estimate of drug-likeness (QED) is 0.857. The lowest BCUT2D eigenvalue weighted by Gasteiger charge is -2.15. The van der Waals surface area contributed by atoms with Crippen molar-refractivity contribution >= 4 is 24.0 Å². The highest BCUT2D eigenvalue weighted by molar-refractivity contribution is 6.30. The van der Waals surface area contributed by atoms with Crippen molar-refractivity contribution in [3.05, 3.63) is 34.9 Å². The van der Waals surface area contributed by atoms with Crippen molar-refractivity contribution < 1.29 is 5.11 Å². The van der Waals surface area contributed by atoms with Crippen molar-refractivity contribution in [2.24, 2.45) is 0 Å². The number of hydrogen-bond acceptors (Lipinski definition) is 2. The summed E-state index contributed by atoms with van der Waals surface area (Å²) in [6.07, 6.45) is 0.654. The number of rotatable bonds is 5. The summed E-state index contributed by atoms with van der Waals surface area (Å²) in [6.45, 7) is 4.52. The number of aliphatic hydroxyl groups excluding tert-OH is 1. The van der Waals surface area contributed by atoms with Gasteiger partial charge in [-0.1, -0.05) is 23.7 Å². The Labute approximate surface area is 108 Å². The van der Waals surface area contributed by atoms with Gasteiger partial charge in [0.25, 0.3) is 0 Å². The molecule has 92 valence electrons. The first-order valence-electron chi connectivity index (χ1n) is 5.24. The summed E-state index contributed by atoms with van der Waals surface area (Å²) in [6, 6.07) is 8.23. The molecule has 0 radical (unpaired) electrons. The Morgan fingerprint density at radius 1 is 1.25 bits per heavy atom. The van der Waals surface area contributed by atoms with Crippen LogP contribution >= 0.6 is 24.0 Å². The van der Waals surface area contributed by atoms with E-state index >= 15 is 0 Å². The molecule has 2 N–H and O–H groups in total. The average Bonchev–Trinajstić information content (AvgIpc) is 2.19. The lowest BCUT2D eigenvalue weighted by Crippen LogP contribution is -2.33. The maximum Gasteiger partial charge on any atom is 0.0636 e. The largest absolute Gasteiger partial charge is 0.392 e. The number of benzene rings is 1. The van der Waals surface area contributed by atoms with Crippen molar-refractivity contribution in [3.8, 4) is 0 Å². The van der Waals surface area contributed by atoms with Gasteiger partial charge in [-0.25, -0.2) is 0 Å². The molecular weight excluding hydrogens is 245 g/mol. The molecule has 0 spiro atoms. The van der Waals surface area contributed by atoms with Crippen LogP contribution < -0.4 is 5.32 Å². The standard InChI is InChI=1S/C12H18ClNO.ClH/c1-9(14-8-10(2)15)7-11-3-5-12(13)6-4-11;/h3-6,9-10,14-15H,7-8H2,1-2H3;1H/t9?,10-;/m1./s1. The second-order valence-corrected chi connectivity index (χ2v) is 4.43. The van der Waals surface area contributed by atoms with Gasteiger partial charge < -0.3 is 10.4 Å². The lowest BCUT2D eigenvalue weighted by atomic mass is 10.1. The summed E-state index contributed by atoms with van der Waals surface area (Å²) in [4.78, 5) is 0. The van der Waals surface area contributed by atoms with E-state index < -0.39 is 0 Å². The van der Waals surface area contributed by atoms with Crippen LogP contribution in [0.2, 0.25) is 5.02 Å². The molecule has 4 heteroatoms. The Morgan fingerprint density at radius 2 is 1.81 bits per heavy atom. The average molecular weight is 264 g/mol. The van der Waals surface area contributed by atoms with Gasteiger partial charge in [-0.3, -0.25) is 0 Å². The van der Waals surface area contributed by atoms with E-state index in [4.69, 9.17) is 16.7 Å². The number of hydrogen-bond donors (Lipinski definition) is 2. The molecule has 2 atom stereocenters. The lowest BCUT2D eigenvalue weighted by molar-refractivity contribution is 0.187. The summed E-state index contributed by atoms with van der Waals surface area (Å²) in [5.41, 5.74) is 1.25. The van der Waals surface area contributed by atoms with Crippen LogP contribution in [-0.2, 0) is 6.42 Å². The molecule has 0 aliphatic rings. The van der Waals surface area contributed by atoms with E-state index in [1.165, 1.54) is 5.56 Å². The van der Waals surface area contributed by atoms with Crippen molar-refractivity contribution in [1.82, 2.24) is 5.32 Å². The molecule has 16 heavy (non-hydrogen) atoms. The second-order valence-electron chi connectivity index (χ2n) is 3.99. The first kappa shape index (κ1) is 15.7. The summed E-state index contributed by atoms with van der Waals surface area (Å²) in [5, 5.41) is 13.2. The normalized spacial score (nSPS) is 14.0. The van der Waals surface area contributed by atoms with Crippen LogP contribution in [0.1, 0.15) is 19.4 Å². The molecule has 0 amide bonds. The minimum Gasteiger partial charge on any atom is -0.392 e. The van der Waals surface area contributed by atoms with Crippen molar-refractivity contribution in [2.45, 2.75) is 32.4 Å². The molecule has 1 unspecified atom stereocenters. The van der Waals surface area contributed by atoms with E-state index in [0.29, 0.717) is 12.6 Å². The van der Waals surface area contributed by atoms with Gasteiger partial charge in [-0.05, 0) is 38.0 Å². The third-order valence-corrected chi connectivity index (χ3v) is 2.47. The Kier molecular flexibility index (Phi) is 7.77. The molecule has 0 saturated heterocycles. The first-order valence-corrected chi connectivity index (χ1v) is 5.61. The summed E-state index contributed by atoms with van der Waals surface area (Å²) < 4.78 is 0. The zero-order valence-corrected chi connectivity index (χ0v) is 11.2. The Bertz CT molecular complexity index is 288. The number of nitrogens with one attached hydrogen (secondary N) is 1. The van der Waals surface area contributed by atoms with E-state index in [1.807, 2.05) is 24.3 Å². The Morgan fingerprint density at radius 3 is 2.31 bits per heavy atom. The Hall–Kier alpha value is -0.280. The van der Waals surface area contributed by atoms with Gasteiger partial charge >= 0.3 is 0 Å². The van der Waals surface area contributed by atoms with Crippen LogP contribution in [-0.4, -0.2) is 23.8 Å². The predicted octanol–water partition coefficient (Wildman–Crippen LogP) is 2.66. The molecule has 1 aromatic rings. The molecular formula is C12H19Cl2NO.